The molecule has 17 heavy (non-hydrogen) atoms. The lowest BCUT2D eigenvalue weighted by molar-refractivity contribution is 0.0697. The number of carbonyl (C=O) groups is 1. The summed E-state index contributed by atoms with van der Waals surface area (Å²) in [5, 5.41) is 8.80. The molecule has 1 fully saturated rings. The van der Waals surface area contributed by atoms with Crippen LogP contribution in [0.3, 0.4) is 0 Å². The van der Waals surface area contributed by atoms with Crippen LogP contribution in [0.2, 0.25) is 0 Å². The molecule has 0 bridgehead atoms. The predicted molar refractivity (Wildman–Crippen MR) is 65.9 cm³/mol. The lowest BCUT2D eigenvalue weighted by Crippen LogP contribution is -2.42. The minimum absolute atomic E-state index is 0.280. The van der Waals surface area contributed by atoms with Crippen LogP contribution in [0.5, 0.6) is 0 Å². The number of hydrogen-bond donors (Lipinski definition) is 2. The van der Waals surface area contributed by atoms with Crippen LogP contribution in [0, 0.1) is 0 Å². The normalized spacial score (nSPS) is 21.4. The molecule has 1 saturated heterocycles. The van der Waals surface area contributed by atoms with Crippen molar-refractivity contribution in [3.05, 3.63) is 35.4 Å². The van der Waals surface area contributed by atoms with Crippen LogP contribution in [0.15, 0.2) is 24.3 Å². The number of piperidine rings is 1. The molecular formula is C13H18N2O2. The maximum Gasteiger partial charge on any atom is 0.335 e. The van der Waals surface area contributed by atoms with E-state index in [-0.39, 0.29) is 6.04 Å². The number of nitrogens with two attached hydrogens (primary N) is 1. The fourth-order valence-electron chi connectivity index (χ4n) is 2.25. The van der Waals surface area contributed by atoms with E-state index in [0.29, 0.717) is 5.56 Å². The van der Waals surface area contributed by atoms with Crippen LogP contribution in [-0.2, 0) is 6.54 Å². The summed E-state index contributed by atoms with van der Waals surface area (Å²) in [6, 6.07) is 7.35. The van der Waals surface area contributed by atoms with Crippen molar-refractivity contribution in [1.29, 1.82) is 0 Å². The van der Waals surface area contributed by atoms with E-state index < -0.39 is 5.97 Å². The van der Waals surface area contributed by atoms with Gasteiger partial charge in [-0.1, -0.05) is 12.1 Å². The van der Waals surface area contributed by atoms with E-state index in [1.54, 1.807) is 12.1 Å². The number of hydrogen-bond acceptors (Lipinski definition) is 3. The summed E-state index contributed by atoms with van der Waals surface area (Å²) >= 11 is 0. The number of benzene rings is 1. The zero-order chi connectivity index (χ0) is 12.3. The average molecular weight is 234 g/mol. The Morgan fingerprint density at radius 2 is 2.12 bits per heavy atom. The first kappa shape index (κ1) is 12.1. The summed E-state index contributed by atoms with van der Waals surface area (Å²) in [5.41, 5.74) is 7.40. The quantitative estimate of drug-likeness (QED) is 0.827. The molecule has 0 spiro atoms. The average Bonchev–Trinajstić information content (AvgIpc) is 2.29. The van der Waals surface area contributed by atoms with Crippen molar-refractivity contribution in [3.63, 3.8) is 0 Å². The van der Waals surface area contributed by atoms with Gasteiger partial charge in [-0.15, -0.1) is 0 Å². The summed E-state index contributed by atoms with van der Waals surface area (Å²) in [7, 11) is 0. The first-order valence-electron chi connectivity index (χ1n) is 5.95. The number of likely N-dealkylation sites (tertiary alicyclic amines) is 1. The van der Waals surface area contributed by atoms with Gasteiger partial charge in [0.1, 0.15) is 0 Å². The molecule has 1 aromatic carbocycles. The van der Waals surface area contributed by atoms with Crippen molar-refractivity contribution in [1.82, 2.24) is 4.90 Å². The lowest BCUT2D eigenvalue weighted by Gasteiger charge is -2.30. The maximum atomic E-state index is 10.7. The summed E-state index contributed by atoms with van der Waals surface area (Å²) in [5.74, 6) is -0.878. The number of rotatable bonds is 3. The summed E-state index contributed by atoms with van der Waals surface area (Å²) in [6.07, 6.45) is 2.25. The molecule has 0 aromatic heterocycles. The van der Waals surface area contributed by atoms with Crippen LogP contribution < -0.4 is 5.73 Å². The molecule has 0 aliphatic carbocycles. The Morgan fingerprint density at radius 3 is 2.71 bits per heavy atom. The van der Waals surface area contributed by atoms with Crippen LogP contribution >= 0.6 is 0 Å². The summed E-state index contributed by atoms with van der Waals surface area (Å²) in [6.45, 7) is 2.86. The van der Waals surface area contributed by atoms with Gasteiger partial charge in [-0.25, -0.2) is 4.79 Å². The molecule has 1 atom stereocenters. The Morgan fingerprint density at radius 1 is 1.41 bits per heavy atom. The Bertz CT molecular complexity index is 389. The highest BCUT2D eigenvalue weighted by Crippen LogP contribution is 2.13. The van der Waals surface area contributed by atoms with E-state index in [4.69, 9.17) is 10.8 Å². The van der Waals surface area contributed by atoms with Gasteiger partial charge in [0.2, 0.25) is 0 Å². The highest BCUT2D eigenvalue weighted by atomic mass is 16.4. The van der Waals surface area contributed by atoms with E-state index in [1.165, 1.54) is 0 Å². The molecule has 3 N–H and O–H groups in total. The second-order valence-corrected chi connectivity index (χ2v) is 4.64. The zero-order valence-corrected chi connectivity index (χ0v) is 9.80. The van der Waals surface area contributed by atoms with E-state index in [2.05, 4.69) is 4.90 Å². The second kappa shape index (κ2) is 5.29. The van der Waals surface area contributed by atoms with Crippen molar-refractivity contribution in [3.8, 4) is 0 Å². The van der Waals surface area contributed by atoms with Crippen molar-refractivity contribution in [2.75, 3.05) is 13.1 Å². The molecule has 1 heterocycles. The van der Waals surface area contributed by atoms with E-state index in [0.717, 1.165) is 38.0 Å². The van der Waals surface area contributed by atoms with E-state index >= 15 is 0 Å². The van der Waals surface area contributed by atoms with Gasteiger partial charge >= 0.3 is 5.97 Å². The largest absolute Gasteiger partial charge is 0.478 e. The molecule has 2 rings (SSSR count). The molecule has 0 radical (unpaired) electrons. The number of aromatic carboxylic acids is 1. The molecule has 4 nitrogen and oxygen atoms in total. The summed E-state index contributed by atoms with van der Waals surface area (Å²) in [4.78, 5) is 13.0. The predicted octanol–water partition coefficient (Wildman–Crippen LogP) is 1.31. The molecule has 0 amide bonds. The van der Waals surface area contributed by atoms with Gasteiger partial charge in [0.05, 0.1) is 5.56 Å². The second-order valence-electron chi connectivity index (χ2n) is 4.64. The Balaban J connectivity index is 1.96. The van der Waals surface area contributed by atoms with Crippen molar-refractivity contribution in [2.24, 2.45) is 5.73 Å². The third kappa shape index (κ3) is 3.28. The van der Waals surface area contributed by atoms with Crippen LogP contribution in [0.25, 0.3) is 0 Å². The van der Waals surface area contributed by atoms with Crippen molar-refractivity contribution in [2.45, 2.75) is 25.4 Å². The van der Waals surface area contributed by atoms with Crippen LogP contribution in [0.1, 0.15) is 28.8 Å². The molecule has 1 aliphatic heterocycles. The van der Waals surface area contributed by atoms with Crippen molar-refractivity contribution >= 4 is 5.97 Å². The number of carboxylic acid groups (broad SMARTS) is 1. The monoisotopic (exact) mass is 234 g/mol. The van der Waals surface area contributed by atoms with Crippen LogP contribution in [0.4, 0.5) is 0 Å². The molecule has 92 valence electrons. The smallest absolute Gasteiger partial charge is 0.335 e. The topological polar surface area (TPSA) is 66.6 Å². The highest BCUT2D eigenvalue weighted by Gasteiger charge is 2.16. The zero-order valence-electron chi connectivity index (χ0n) is 9.80. The van der Waals surface area contributed by atoms with Gasteiger partial charge in [0.25, 0.3) is 0 Å². The minimum Gasteiger partial charge on any atom is -0.478 e. The third-order valence-corrected chi connectivity index (χ3v) is 3.15. The Kier molecular flexibility index (Phi) is 3.76. The van der Waals surface area contributed by atoms with Crippen LogP contribution in [-0.4, -0.2) is 35.1 Å². The van der Waals surface area contributed by atoms with Gasteiger partial charge < -0.3 is 10.8 Å². The van der Waals surface area contributed by atoms with Gasteiger partial charge in [-0.2, -0.15) is 0 Å². The molecular weight excluding hydrogens is 216 g/mol. The molecule has 4 heteroatoms. The van der Waals surface area contributed by atoms with Crippen molar-refractivity contribution < 1.29 is 9.90 Å². The number of nitrogens with zero attached hydrogens (tertiary/aromatic N) is 1. The number of carboxylic acids is 1. The fraction of sp³-hybridized carbons (Fsp3) is 0.462. The molecule has 0 saturated carbocycles. The first-order valence-corrected chi connectivity index (χ1v) is 5.95. The molecule has 1 aromatic rings. The lowest BCUT2D eigenvalue weighted by atomic mass is 10.1. The highest BCUT2D eigenvalue weighted by molar-refractivity contribution is 5.87. The molecule has 1 aliphatic rings. The van der Waals surface area contributed by atoms with E-state index in [1.807, 2.05) is 12.1 Å². The summed E-state index contributed by atoms with van der Waals surface area (Å²) < 4.78 is 0. The first-order chi connectivity index (χ1) is 8.15. The Hall–Kier alpha value is -1.39. The van der Waals surface area contributed by atoms with Gasteiger partial charge in [0.15, 0.2) is 0 Å². The Labute approximate surface area is 101 Å². The van der Waals surface area contributed by atoms with Gasteiger partial charge in [0, 0.05) is 19.1 Å². The minimum atomic E-state index is -0.878. The van der Waals surface area contributed by atoms with Gasteiger partial charge in [-0.05, 0) is 37.1 Å². The maximum absolute atomic E-state index is 10.7. The van der Waals surface area contributed by atoms with E-state index in [9.17, 15) is 4.79 Å². The third-order valence-electron chi connectivity index (χ3n) is 3.15. The van der Waals surface area contributed by atoms with Gasteiger partial charge in [-0.3, -0.25) is 4.90 Å². The standard InChI is InChI=1S/C13H18N2O2/c14-12-2-1-7-15(9-12)8-10-3-5-11(6-4-10)13(16)17/h3-6,12H,1-2,7-9,14H2,(H,16,17). The molecule has 1 unspecified atom stereocenters. The fourth-order valence-corrected chi connectivity index (χ4v) is 2.25. The SMILES string of the molecule is NC1CCCN(Cc2ccc(C(=O)O)cc2)C1.